The van der Waals surface area contributed by atoms with E-state index in [1.165, 1.54) is 12.1 Å². The van der Waals surface area contributed by atoms with Gasteiger partial charge in [0.05, 0.1) is 4.90 Å². The van der Waals surface area contributed by atoms with Crippen molar-refractivity contribution in [1.82, 2.24) is 0 Å². The molecule has 5 heteroatoms. The van der Waals surface area contributed by atoms with E-state index in [-0.39, 0.29) is 4.90 Å². The van der Waals surface area contributed by atoms with E-state index in [1.807, 2.05) is 0 Å². The summed E-state index contributed by atoms with van der Waals surface area (Å²) < 4.78 is 52.2. The molecule has 1 spiro atoms. The molecule has 0 aromatic heterocycles. The van der Waals surface area contributed by atoms with Gasteiger partial charge in [-0.1, -0.05) is 37.5 Å². The number of fused-ring (bicyclic) bond motifs is 2. The van der Waals surface area contributed by atoms with E-state index in [1.54, 1.807) is 12.1 Å². The largest absolute Gasteiger partial charge is 0.350 e. The monoisotopic (exact) mass is 286 g/mol. The minimum atomic E-state index is -4.53. The Bertz CT molecular complexity index is 602. The third-order valence-corrected chi connectivity index (χ3v) is 6.36. The maximum absolute atomic E-state index is 14.1. The highest BCUT2D eigenvalue weighted by atomic mass is 32.2. The zero-order valence-electron chi connectivity index (χ0n) is 10.5. The van der Waals surface area contributed by atoms with Crippen LogP contribution in [0.15, 0.2) is 29.2 Å². The summed E-state index contributed by atoms with van der Waals surface area (Å²) in [6.45, 7) is 0. The standard InChI is InChI=1S/C14H16F2O2S/c15-14(16)10-13(8-4-1-5-9-13)11-6-2-3-7-12(11)19(14,17)18/h2-3,6-7H,1,4-5,8-10H2. The summed E-state index contributed by atoms with van der Waals surface area (Å²) in [5.41, 5.74) is -0.0375. The highest BCUT2D eigenvalue weighted by Crippen LogP contribution is 2.54. The van der Waals surface area contributed by atoms with Crippen LogP contribution in [0.3, 0.4) is 0 Å². The van der Waals surface area contributed by atoms with Gasteiger partial charge < -0.3 is 0 Å². The van der Waals surface area contributed by atoms with Crippen molar-refractivity contribution in [2.75, 3.05) is 0 Å². The summed E-state index contributed by atoms with van der Waals surface area (Å²) in [4.78, 5) is -0.159. The number of benzene rings is 1. The van der Waals surface area contributed by atoms with Crippen LogP contribution in [0.5, 0.6) is 0 Å². The van der Waals surface area contributed by atoms with Crippen LogP contribution in [0, 0.1) is 0 Å². The third kappa shape index (κ3) is 1.74. The number of halogens is 2. The van der Waals surface area contributed by atoms with Crippen molar-refractivity contribution < 1.29 is 17.2 Å². The Morgan fingerprint density at radius 3 is 2.32 bits per heavy atom. The van der Waals surface area contributed by atoms with E-state index in [0.29, 0.717) is 18.4 Å². The molecule has 0 atom stereocenters. The molecule has 1 aromatic rings. The lowest BCUT2D eigenvalue weighted by Crippen LogP contribution is -2.46. The first-order valence-electron chi connectivity index (χ1n) is 6.61. The first-order valence-corrected chi connectivity index (χ1v) is 8.09. The fraction of sp³-hybridized carbons (Fsp3) is 0.571. The van der Waals surface area contributed by atoms with Crippen molar-refractivity contribution in [3.05, 3.63) is 29.8 Å². The summed E-state index contributed by atoms with van der Waals surface area (Å²) in [6.07, 6.45) is 3.60. The van der Waals surface area contributed by atoms with Crippen molar-refractivity contribution in [1.29, 1.82) is 0 Å². The number of hydrogen-bond donors (Lipinski definition) is 0. The molecule has 1 saturated carbocycles. The molecular weight excluding hydrogens is 270 g/mol. The second-order valence-corrected chi connectivity index (χ2v) is 7.70. The van der Waals surface area contributed by atoms with Crippen LogP contribution >= 0.6 is 0 Å². The van der Waals surface area contributed by atoms with Crippen molar-refractivity contribution in [2.45, 2.75) is 54.1 Å². The Morgan fingerprint density at radius 1 is 1.00 bits per heavy atom. The minimum Gasteiger partial charge on any atom is -0.217 e. The molecule has 0 saturated heterocycles. The quantitative estimate of drug-likeness (QED) is 0.729. The number of hydrogen-bond acceptors (Lipinski definition) is 2. The van der Waals surface area contributed by atoms with Gasteiger partial charge in [0, 0.05) is 11.8 Å². The van der Waals surface area contributed by atoms with Crippen LogP contribution in [0.4, 0.5) is 8.78 Å². The first kappa shape index (κ1) is 13.0. The second-order valence-electron chi connectivity index (χ2n) is 5.65. The molecule has 2 nitrogen and oxygen atoms in total. The van der Waals surface area contributed by atoms with Crippen LogP contribution in [0.25, 0.3) is 0 Å². The molecule has 1 aliphatic heterocycles. The molecule has 0 amide bonds. The summed E-state index contributed by atoms with van der Waals surface area (Å²) in [6, 6.07) is 6.31. The normalized spacial score (nSPS) is 26.8. The fourth-order valence-corrected chi connectivity index (χ4v) is 5.18. The topological polar surface area (TPSA) is 34.1 Å². The third-order valence-electron chi connectivity index (χ3n) is 4.50. The molecule has 0 bridgehead atoms. The zero-order chi connectivity index (χ0) is 13.7. The predicted molar refractivity (Wildman–Crippen MR) is 68.0 cm³/mol. The van der Waals surface area contributed by atoms with Gasteiger partial charge in [0.2, 0.25) is 9.84 Å². The van der Waals surface area contributed by atoms with Crippen LogP contribution in [-0.4, -0.2) is 13.7 Å². The van der Waals surface area contributed by atoms with Gasteiger partial charge in [-0.15, -0.1) is 0 Å². The van der Waals surface area contributed by atoms with Gasteiger partial charge in [-0.3, -0.25) is 0 Å². The molecule has 3 rings (SSSR count). The summed E-state index contributed by atoms with van der Waals surface area (Å²) in [5, 5.41) is -3.64. The predicted octanol–water partition coefficient (Wildman–Crippen LogP) is 3.66. The number of sulfone groups is 1. The number of alkyl halides is 2. The van der Waals surface area contributed by atoms with Crippen LogP contribution in [0.2, 0.25) is 0 Å². The molecule has 1 aromatic carbocycles. The Hall–Kier alpha value is -0.970. The van der Waals surface area contributed by atoms with E-state index in [4.69, 9.17) is 0 Å². The van der Waals surface area contributed by atoms with Crippen LogP contribution in [0.1, 0.15) is 44.1 Å². The average Bonchev–Trinajstić information content (AvgIpc) is 2.38. The maximum Gasteiger partial charge on any atom is 0.350 e. The Balaban J connectivity index is 2.25. The van der Waals surface area contributed by atoms with Gasteiger partial charge >= 0.3 is 5.25 Å². The molecule has 1 aliphatic carbocycles. The lowest BCUT2D eigenvalue weighted by molar-refractivity contribution is 0.0354. The van der Waals surface area contributed by atoms with Crippen molar-refractivity contribution >= 4 is 9.84 Å². The summed E-state index contributed by atoms with van der Waals surface area (Å²) in [5.74, 6) is 0. The highest BCUT2D eigenvalue weighted by molar-refractivity contribution is 7.92. The lowest BCUT2D eigenvalue weighted by atomic mass is 9.67. The summed E-state index contributed by atoms with van der Waals surface area (Å²) in [7, 11) is -4.53. The Labute approximate surface area is 111 Å². The fourth-order valence-electron chi connectivity index (χ4n) is 3.56. The second kappa shape index (κ2) is 4.01. The molecule has 1 fully saturated rings. The molecule has 19 heavy (non-hydrogen) atoms. The van der Waals surface area contributed by atoms with E-state index in [9.17, 15) is 17.2 Å². The maximum atomic E-state index is 14.1. The Morgan fingerprint density at radius 2 is 1.63 bits per heavy atom. The highest BCUT2D eigenvalue weighted by Gasteiger charge is 2.58. The van der Waals surface area contributed by atoms with Crippen molar-refractivity contribution in [2.24, 2.45) is 0 Å². The summed E-state index contributed by atoms with van der Waals surface area (Å²) >= 11 is 0. The molecule has 0 radical (unpaired) electrons. The van der Waals surface area contributed by atoms with Crippen LogP contribution < -0.4 is 0 Å². The van der Waals surface area contributed by atoms with Gasteiger partial charge in [0.25, 0.3) is 0 Å². The van der Waals surface area contributed by atoms with Crippen molar-refractivity contribution in [3.63, 3.8) is 0 Å². The van der Waals surface area contributed by atoms with Gasteiger partial charge in [-0.05, 0) is 24.5 Å². The zero-order valence-corrected chi connectivity index (χ0v) is 11.3. The van der Waals surface area contributed by atoms with Crippen LogP contribution in [-0.2, 0) is 15.3 Å². The van der Waals surface area contributed by atoms with E-state index >= 15 is 0 Å². The van der Waals surface area contributed by atoms with Gasteiger partial charge in [-0.25, -0.2) is 8.42 Å². The molecule has 0 N–H and O–H groups in total. The first-order chi connectivity index (χ1) is 8.89. The molecule has 0 unspecified atom stereocenters. The molecule has 104 valence electrons. The SMILES string of the molecule is O=S1(=O)c2ccccc2C2(CCCCC2)CC1(F)F. The van der Waals surface area contributed by atoms with Gasteiger partial charge in [0.15, 0.2) is 0 Å². The lowest BCUT2D eigenvalue weighted by Gasteiger charge is -2.44. The van der Waals surface area contributed by atoms with Gasteiger partial charge in [-0.2, -0.15) is 8.78 Å². The minimum absolute atomic E-state index is 0.159. The van der Waals surface area contributed by atoms with Gasteiger partial charge in [0.1, 0.15) is 0 Å². The Kier molecular flexibility index (Phi) is 2.75. The van der Waals surface area contributed by atoms with E-state index < -0.39 is 26.9 Å². The van der Waals surface area contributed by atoms with E-state index in [2.05, 4.69) is 0 Å². The average molecular weight is 286 g/mol. The molecular formula is C14H16F2O2S. The van der Waals surface area contributed by atoms with Crippen molar-refractivity contribution in [3.8, 4) is 0 Å². The molecule has 1 heterocycles. The smallest absolute Gasteiger partial charge is 0.217 e. The van der Waals surface area contributed by atoms with E-state index in [0.717, 1.165) is 19.3 Å². The molecule has 2 aliphatic rings. The number of rotatable bonds is 0.